The molecule has 2 rings (SSSR count). The van der Waals surface area contributed by atoms with Gasteiger partial charge in [0.05, 0.1) is 5.92 Å². The predicted octanol–water partition coefficient (Wildman–Crippen LogP) is 3.28. The van der Waals surface area contributed by atoms with Crippen LogP contribution in [0.25, 0.3) is 0 Å². The number of ether oxygens (including phenoxy) is 1. The monoisotopic (exact) mass is 364 g/mol. The van der Waals surface area contributed by atoms with Crippen LogP contribution >= 0.6 is 0 Å². The number of hydrogen-bond donors (Lipinski definition) is 0. The molecule has 0 N–H and O–H groups in total. The Morgan fingerprint density at radius 2 is 1.88 bits per heavy atom. The highest BCUT2D eigenvalue weighted by molar-refractivity contribution is 7.87. The number of esters is 1. The third-order valence-electron chi connectivity index (χ3n) is 3.43. The molecule has 1 aliphatic rings. The first kappa shape index (κ1) is 18.3. The fraction of sp³-hybridized carbons (Fsp3) is 0.400. The van der Waals surface area contributed by atoms with Crippen molar-refractivity contribution in [1.29, 1.82) is 0 Å². The van der Waals surface area contributed by atoms with E-state index in [0.29, 0.717) is 0 Å². The van der Waals surface area contributed by atoms with Crippen LogP contribution in [0.1, 0.15) is 24.8 Å². The van der Waals surface area contributed by atoms with Crippen molar-refractivity contribution in [2.75, 3.05) is 0 Å². The van der Waals surface area contributed by atoms with E-state index in [2.05, 4.69) is 4.18 Å². The van der Waals surface area contributed by atoms with Crippen molar-refractivity contribution in [1.82, 2.24) is 0 Å². The second-order valence-corrected chi connectivity index (χ2v) is 6.76. The summed E-state index contributed by atoms with van der Waals surface area (Å²) in [6, 6.07) is 9.02. The van der Waals surface area contributed by atoms with Gasteiger partial charge in [-0.3, -0.25) is 4.79 Å². The summed E-state index contributed by atoms with van der Waals surface area (Å²) in [7, 11) is -5.67. The molecule has 0 spiro atoms. The van der Waals surface area contributed by atoms with Crippen molar-refractivity contribution in [3.05, 3.63) is 47.7 Å². The minimum absolute atomic E-state index is 0.0658. The summed E-state index contributed by atoms with van der Waals surface area (Å²) in [5, 5.41) is 0. The molecule has 132 valence electrons. The minimum atomic E-state index is -5.67. The average molecular weight is 364 g/mol. The molecule has 5 nitrogen and oxygen atoms in total. The largest absolute Gasteiger partial charge is 0.534 e. The van der Waals surface area contributed by atoms with Gasteiger partial charge in [0.1, 0.15) is 12.4 Å². The fourth-order valence-corrected chi connectivity index (χ4v) is 2.66. The summed E-state index contributed by atoms with van der Waals surface area (Å²) >= 11 is 0. The van der Waals surface area contributed by atoms with E-state index in [-0.39, 0.29) is 31.6 Å². The van der Waals surface area contributed by atoms with Gasteiger partial charge in [0.25, 0.3) is 0 Å². The zero-order valence-corrected chi connectivity index (χ0v) is 13.3. The summed E-state index contributed by atoms with van der Waals surface area (Å²) in [6.45, 7) is 0.103. The van der Waals surface area contributed by atoms with Gasteiger partial charge < -0.3 is 8.92 Å². The first-order valence-corrected chi connectivity index (χ1v) is 8.50. The van der Waals surface area contributed by atoms with Gasteiger partial charge in [-0.05, 0) is 24.5 Å². The molecule has 1 aliphatic carbocycles. The third-order valence-corrected chi connectivity index (χ3v) is 4.43. The molecule has 0 aliphatic heterocycles. The number of carbonyl (C=O) groups is 1. The van der Waals surface area contributed by atoms with Gasteiger partial charge in [-0.1, -0.05) is 30.3 Å². The maximum Gasteiger partial charge on any atom is 0.534 e. The molecule has 0 amide bonds. The van der Waals surface area contributed by atoms with Gasteiger partial charge in [-0.15, -0.1) is 0 Å². The Morgan fingerprint density at radius 3 is 2.42 bits per heavy atom. The number of carbonyl (C=O) groups excluding carboxylic acids is 1. The predicted molar refractivity (Wildman–Crippen MR) is 77.7 cm³/mol. The highest BCUT2D eigenvalue weighted by Gasteiger charge is 2.49. The molecule has 0 heterocycles. The second-order valence-electron chi connectivity index (χ2n) is 5.22. The molecular weight excluding hydrogens is 349 g/mol. The summed E-state index contributed by atoms with van der Waals surface area (Å²) in [5.41, 5.74) is -4.66. The van der Waals surface area contributed by atoms with Crippen molar-refractivity contribution >= 4 is 16.1 Å². The minimum Gasteiger partial charge on any atom is -0.461 e. The number of hydrogen-bond acceptors (Lipinski definition) is 5. The van der Waals surface area contributed by atoms with E-state index in [1.165, 1.54) is 6.08 Å². The van der Waals surface area contributed by atoms with Gasteiger partial charge >= 0.3 is 21.6 Å². The van der Waals surface area contributed by atoms with Crippen LogP contribution in [0.3, 0.4) is 0 Å². The van der Waals surface area contributed by atoms with E-state index in [1.807, 2.05) is 6.07 Å². The quantitative estimate of drug-likeness (QED) is 0.456. The highest BCUT2D eigenvalue weighted by Crippen LogP contribution is 2.31. The molecule has 0 fully saturated rings. The van der Waals surface area contributed by atoms with E-state index in [4.69, 9.17) is 4.74 Å². The normalized spacial score (nSPS) is 18.6. The molecule has 0 aromatic heterocycles. The van der Waals surface area contributed by atoms with Crippen LogP contribution in [-0.4, -0.2) is 19.9 Å². The Balaban J connectivity index is 1.87. The van der Waals surface area contributed by atoms with E-state index in [0.717, 1.165) is 5.56 Å². The maximum absolute atomic E-state index is 12.2. The Kier molecular flexibility index (Phi) is 5.53. The van der Waals surface area contributed by atoms with E-state index < -0.39 is 27.5 Å². The van der Waals surface area contributed by atoms with Gasteiger partial charge in [0.2, 0.25) is 0 Å². The lowest BCUT2D eigenvalue weighted by Crippen LogP contribution is -2.27. The van der Waals surface area contributed by atoms with Crippen LogP contribution in [-0.2, 0) is 30.4 Å². The van der Waals surface area contributed by atoms with Crippen LogP contribution in [0.15, 0.2) is 42.2 Å². The first-order valence-electron chi connectivity index (χ1n) is 7.09. The van der Waals surface area contributed by atoms with E-state index in [1.54, 1.807) is 24.3 Å². The van der Waals surface area contributed by atoms with Crippen LogP contribution in [0, 0.1) is 5.92 Å². The average Bonchev–Trinajstić information content (AvgIpc) is 2.53. The topological polar surface area (TPSA) is 69.7 Å². The zero-order chi connectivity index (χ0) is 17.8. The maximum atomic E-state index is 12.2. The van der Waals surface area contributed by atoms with Crippen molar-refractivity contribution in [2.24, 2.45) is 5.92 Å². The number of rotatable bonds is 5. The van der Waals surface area contributed by atoms with Gasteiger partial charge in [0, 0.05) is 6.42 Å². The number of alkyl halides is 3. The number of allylic oxidation sites excluding steroid dienone is 2. The lowest BCUT2D eigenvalue weighted by Gasteiger charge is -2.21. The van der Waals surface area contributed by atoms with Crippen LogP contribution < -0.4 is 0 Å². The summed E-state index contributed by atoms with van der Waals surface area (Å²) in [6.07, 6.45) is 1.32. The van der Waals surface area contributed by atoms with Gasteiger partial charge in [-0.2, -0.15) is 21.6 Å². The van der Waals surface area contributed by atoms with Crippen LogP contribution in [0.5, 0.6) is 0 Å². The lowest BCUT2D eigenvalue weighted by atomic mass is 9.93. The lowest BCUT2D eigenvalue weighted by molar-refractivity contribution is -0.150. The summed E-state index contributed by atoms with van der Waals surface area (Å²) in [4.78, 5) is 11.9. The molecule has 1 aromatic rings. The zero-order valence-electron chi connectivity index (χ0n) is 12.5. The standard InChI is InChI=1S/C15H15F3O5S/c16-15(17,18)24(20,21)23-13-8-6-12(7-9-13)14(19)22-10-11-4-2-1-3-5-11/h1-5,8,12H,6-7,9-10H2. The summed E-state index contributed by atoms with van der Waals surface area (Å²) < 4.78 is 67.8. The highest BCUT2D eigenvalue weighted by atomic mass is 32.2. The first-order chi connectivity index (χ1) is 11.2. The Bertz CT molecular complexity index is 710. The van der Waals surface area contributed by atoms with Crippen molar-refractivity contribution in [3.63, 3.8) is 0 Å². The van der Waals surface area contributed by atoms with Crippen molar-refractivity contribution < 1.29 is 35.3 Å². The molecule has 1 unspecified atom stereocenters. The Morgan fingerprint density at radius 1 is 1.21 bits per heavy atom. The fourth-order valence-electron chi connectivity index (χ4n) is 2.13. The second kappa shape index (κ2) is 7.25. The molecular formula is C15H15F3O5S. The van der Waals surface area contributed by atoms with Crippen molar-refractivity contribution in [2.45, 2.75) is 31.4 Å². The van der Waals surface area contributed by atoms with E-state index >= 15 is 0 Å². The Hall–Kier alpha value is -2.03. The molecule has 0 saturated heterocycles. The Labute approximate surface area is 137 Å². The molecule has 0 bridgehead atoms. The van der Waals surface area contributed by atoms with Crippen molar-refractivity contribution in [3.8, 4) is 0 Å². The smallest absolute Gasteiger partial charge is 0.461 e. The van der Waals surface area contributed by atoms with E-state index in [9.17, 15) is 26.4 Å². The van der Waals surface area contributed by atoms with Gasteiger partial charge in [0.15, 0.2) is 0 Å². The summed E-state index contributed by atoms with van der Waals surface area (Å²) in [5.74, 6) is -1.32. The molecule has 9 heteroatoms. The number of halogens is 3. The molecule has 0 radical (unpaired) electrons. The van der Waals surface area contributed by atoms with Gasteiger partial charge in [-0.25, -0.2) is 0 Å². The third kappa shape index (κ3) is 4.73. The molecule has 1 aromatic carbocycles. The SMILES string of the molecule is O=C(OCc1ccccc1)C1CC=C(OS(=O)(=O)C(F)(F)F)CC1. The molecule has 0 saturated carbocycles. The molecule has 24 heavy (non-hydrogen) atoms. The van der Waals surface area contributed by atoms with Crippen LogP contribution in [0.2, 0.25) is 0 Å². The number of benzene rings is 1. The molecule has 1 atom stereocenters. The van der Waals surface area contributed by atoms with Crippen LogP contribution in [0.4, 0.5) is 13.2 Å².